The summed E-state index contributed by atoms with van der Waals surface area (Å²) in [6.45, 7) is 6.11. The number of ether oxygens (including phenoxy) is 1. The molecule has 0 amide bonds. The average molecular weight is 232 g/mol. The van der Waals surface area contributed by atoms with E-state index in [1.54, 1.807) is 13.2 Å². The molecule has 4 heteroatoms. The van der Waals surface area contributed by atoms with Crippen LogP contribution in [0, 0.1) is 20.8 Å². The minimum Gasteiger partial charge on any atom is -0.496 e. The van der Waals surface area contributed by atoms with Crippen molar-refractivity contribution in [3.63, 3.8) is 0 Å². The number of nitrogens with two attached hydrogens (primary N) is 1. The van der Waals surface area contributed by atoms with Gasteiger partial charge in [-0.1, -0.05) is 11.2 Å². The van der Waals surface area contributed by atoms with Gasteiger partial charge in [0.1, 0.15) is 11.4 Å². The molecule has 0 saturated heterocycles. The number of anilines is 1. The Balaban J connectivity index is 2.72. The van der Waals surface area contributed by atoms with Crippen LogP contribution in [0.2, 0.25) is 0 Å². The van der Waals surface area contributed by atoms with E-state index in [1.807, 2.05) is 13.8 Å². The van der Waals surface area contributed by atoms with Crippen LogP contribution in [0.3, 0.4) is 0 Å². The number of methoxy groups -OCH3 is 1. The lowest BCUT2D eigenvalue weighted by atomic mass is 9.97. The van der Waals surface area contributed by atoms with E-state index >= 15 is 0 Å². The molecule has 0 spiro atoms. The van der Waals surface area contributed by atoms with Gasteiger partial charge >= 0.3 is 0 Å². The van der Waals surface area contributed by atoms with E-state index in [-0.39, 0.29) is 0 Å². The molecule has 2 aromatic rings. The first-order chi connectivity index (χ1) is 8.04. The molecule has 1 heterocycles. The van der Waals surface area contributed by atoms with E-state index in [1.165, 1.54) is 5.56 Å². The summed E-state index contributed by atoms with van der Waals surface area (Å²) in [4.78, 5) is 0. The highest BCUT2D eigenvalue weighted by Gasteiger charge is 2.17. The summed E-state index contributed by atoms with van der Waals surface area (Å²) in [6.07, 6.45) is 0. The van der Waals surface area contributed by atoms with Gasteiger partial charge in [0.2, 0.25) is 5.88 Å². The van der Waals surface area contributed by atoms with Crippen molar-refractivity contribution in [2.45, 2.75) is 20.8 Å². The second kappa shape index (κ2) is 4.13. The number of hydrogen-bond acceptors (Lipinski definition) is 4. The summed E-state index contributed by atoms with van der Waals surface area (Å²) in [6, 6.07) is 3.82. The van der Waals surface area contributed by atoms with Crippen LogP contribution in [0.5, 0.6) is 5.75 Å². The molecule has 0 unspecified atom stereocenters. The predicted octanol–water partition coefficient (Wildman–Crippen LogP) is 2.86. The Morgan fingerprint density at radius 1 is 1.18 bits per heavy atom. The zero-order valence-corrected chi connectivity index (χ0v) is 10.5. The summed E-state index contributed by atoms with van der Waals surface area (Å²) >= 11 is 0. The second-order valence-electron chi connectivity index (χ2n) is 4.16. The zero-order chi connectivity index (χ0) is 12.6. The molecule has 0 saturated carbocycles. The van der Waals surface area contributed by atoms with Crippen LogP contribution >= 0.6 is 0 Å². The van der Waals surface area contributed by atoms with E-state index < -0.39 is 0 Å². The highest BCUT2D eigenvalue weighted by Crippen LogP contribution is 2.37. The van der Waals surface area contributed by atoms with Crippen molar-refractivity contribution in [3.05, 3.63) is 28.8 Å². The largest absolute Gasteiger partial charge is 0.496 e. The van der Waals surface area contributed by atoms with Gasteiger partial charge in [0.05, 0.1) is 7.11 Å². The molecule has 1 aromatic heterocycles. The van der Waals surface area contributed by atoms with Crippen LogP contribution in [0.25, 0.3) is 11.3 Å². The summed E-state index contributed by atoms with van der Waals surface area (Å²) in [5.74, 6) is 1.13. The van der Waals surface area contributed by atoms with Crippen molar-refractivity contribution in [1.82, 2.24) is 5.16 Å². The maximum atomic E-state index is 5.56. The van der Waals surface area contributed by atoms with E-state index in [2.05, 4.69) is 18.1 Å². The number of aryl methyl sites for hydroxylation is 2. The average Bonchev–Trinajstić information content (AvgIpc) is 2.69. The number of rotatable bonds is 2. The van der Waals surface area contributed by atoms with E-state index in [0.717, 1.165) is 22.4 Å². The molecular formula is C13H16N2O2. The van der Waals surface area contributed by atoms with E-state index in [4.69, 9.17) is 15.0 Å². The Morgan fingerprint density at radius 2 is 1.88 bits per heavy atom. The topological polar surface area (TPSA) is 61.3 Å². The molecule has 0 bridgehead atoms. The van der Waals surface area contributed by atoms with Crippen molar-refractivity contribution in [2.24, 2.45) is 0 Å². The molecule has 0 atom stereocenters. The first kappa shape index (κ1) is 11.5. The number of hydrogen-bond donors (Lipinski definition) is 1. The van der Waals surface area contributed by atoms with Gasteiger partial charge in [-0.2, -0.15) is 0 Å². The summed E-state index contributed by atoms with van der Waals surface area (Å²) in [5.41, 5.74) is 10.6. The molecule has 0 fully saturated rings. The molecule has 17 heavy (non-hydrogen) atoms. The molecule has 0 aliphatic rings. The number of aromatic nitrogens is 1. The third-order valence-corrected chi connectivity index (χ3v) is 2.98. The Hall–Kier alpha value is -1.97. The fraction of sp³-hybridized carbons (Fsp3) is 0.308. The molecule has 4 nitrogen and oxygen atoms in total. The van der Waals surface area contributed by atoms with Gasteiger partial charge in [-0.25, -0.2) is 0 Å². The van der Waals surface area contributed by atoms with Crippen molar-refractivity contribution in [2.75, 3.05) is 12.8 Å². The minimum atomic E-state index is 0.305. The van der Waals surface area contributed by atoms with E-state index in [0.29, 0.717) is 11.6 Å². The SMILES string of the molecule is COc1c(C)c(C)cc(C)c1-c1cc(N)on1. The lowest BCUT2D eigenvalue weighted by Crippen LogP contribution is -1.97. The van der Waals surface area contributed by atoms with Crippen LogP contribution < -0.4 is 10.5 Å². The summed E-state index contributed by atoms with van der Waals surface area (Å²) in [5, 5.41) is 3.95. The summed E-state index contributed by atoms with van der Waals surface area (Å²) in [7, 11) is 1.66. The monoisotopic (exact) mass is 232 g/mol. The maximum Gasteiger partial charge on any atom is 0.222 e. The third kappa shape index (κ3) is 1.86. The lowest BCUT2D eigenvalue weighted by molar-refractivity contribution is 0.410. The van der Waals surface area contributed by atoms with Crippen molar-refractivity contribution in [1.29, 1.82) is 0 Å². The third-order valence-electron chi connectivity index (χ3n) is 2.98. The highest BCUT2D eigenvalue weighted by molar-refractivity contribution is 5.74. The Labute approximate surface area is 100 Å². The summed E-state index contributed by atoms with van der Waals surface area (Å²) < 4.78 is 10.4. The first-order valence-corrected chi connectivity index (χ1v) is 5.42. The molecular weight excluding hydrogens is 216 g/mol. The van der Waals surface area contributed by atoms with Crippen LogP contribution in [0.15, 0.2) is 16.7 Å². The molecule has 90 valence electrons. The maximum absolute atomic E-state index is 5.56. The molecule has 1 aromatic carbocycles. The van der Waals surface area contributed by atoms with Crippen molar-refractivity contribution in [3.8, 4) is 17.0 Å². The molecule has 0 aliphatic carbocycles. The second-order valence-corrected chi connectivity index (χ2v) is 4.16. The lowest BCUT2D eigenvalue weighted by Gasteiger charge is -2.14. The van der Waals surface area contributed by atoms with Crippen LogP contribution in [0.4, 0.5) is 5.88 Å². The molecule has 2 N–H and O–H groups in total. The fourth-order valence-electron chi connectivity index (χ4n) is 2.03. The Bertz CT molecular complexity index is 559. The number of nitrogen functional groups attached to an aromatic ring is 1. The normalized spacial score (nSPS) is 10.6. The molecule has 2 rings (SSSR count). The fourth-order valence-corrected chi connectivity index (χ4v) is 2.03. The van der Waals surface area contributed by atoms with Gasteiger partial charge in [-0.15, -0.1) is 0 Å². The highest BCUT2D eigenvalue weighted by atomic mass is 16.5. The van der Waals surface area contributed by atoms with Crippen LogP contribution in [-0.2, 0) is 0 Å². The Kier molecular flexibility index (Phi) is 2.79. The van der Waals surface area contributed by atoms with Gasteiger partial charge in [0.25, 0.3) is 0 Å². The van der Waals surface area contributed by atoms with Gasteiger partial charge in [0.15, 0.2) is 0 Å². The zero-order valence-electron chi connectivity index (χ0n) is 10.5. The standard InChI is InChI=1S/C13H16N2O2/c1-7-5-8(2)12(13(16-4)9(7)3)10-6-11(14)17-15-10/h5-6H,14H2,1-4H3. The minimum absolute atomic E-state index is 0.305. The first-order valence-electron chi connectivity index (χ1n) is 5.42. The smallest absolute Gasteiger partial charge is 0.222 e. The quantitative estimate of drug-likeness (QED) is 0.864. The van der Waals surface area contributed by atoms with Gasteiger partial charge < -0.3 is 15.0 Å². The number of benzene rings is 1. The van der Waals surface area contributed by atoms with E-state index in [9.17, 15) is 0 Å². The Morgan fingerprint density at radius 3 is 2.41 bits per heavy atom. The van der Waals surface area contributed by atoms with Crippen LogP contribution in [-0.4, -0.2) is 12.3 Å². The molecule has 0 radical (unpaired) electrons. The van der Waals surface area contributed by atoms with Crippen molar-refractivity contribution < 1.29 is 9.26 Å². The van der Waals surface area contributed by atoms with Crippen LogP contribution in [0.1, 0.15) is 16.7 Å². The van der Waals surface area contributed by atoms with Crippen molar-refractivity contribution >= 4 is 5.88 Å². The van der Waals surface area contributed by atoms with Gasteiger partial charge in [0, 0.05) is 11.6 Å². The van der Waals surface area contributed by atoms with Gasteiger partial charge in [-0.05, 0) is 37.5 Å². The predicted molar refractivity (Wildman–Crippen MR) is 67.1 cm³/mol. The molecule has 0 aliphatic heterocycles. The number of nitrogens with zero attached hydrogens (tertiary/aromatic N) is 1. The van der Waals surface area contributed by atoms with Gasteiger partial charge in [-0.3, -0.25) is 0 Å².